The van der Waals surface area contributed by atoms with E-state index < -0.39 is 11.8 Å². The predicted octanol–water partition coefficient (Wildman–Crippen LogP) is 2.81. The van der Waals surface area contributed by atoms with E-state index in [4.69, 9.17) is 9.47 Å². The molecule has 0 unspecified atom stereocenters. The Morgan fingerprint density at radius 1 is 1.20 bits per heavy atom. The molecule has 0 bridgehead atoms. The van der Waals surface area contributed by atoms with Crippen molar-refractivity contribution >= 4 is 5.97 Å². The van der Waals surface area contributed by atoms with Gasteiger partial charge < -0.3 is 14.2 Å². The minimum atomic E-state index is -0.575. The summed E-state index contributed by atoms with van der Waals surface area (Å²) < 4.78 is 28.3. The van der Waals surface area contributed by atoms with E-state index in [1.165, 1.54) is 44.7 Å². The highest BCUT2D eigenvalue weighted by molar-refractivity contribution is 5.91. The number of methoxy groups -OCH3 is 2. The molecule has 0 aliphatic rings. The molecule has 0 radical (unpaired) electrons. The van der Waals surface area contributed by atoms with Crippen LogP contribution >= 0.6 is 0 Å². The van der Waals surface area contributed by atoms with Crippen LogP contribution in [0.3, 0.4) is 0 Å². The van der Waals surface area contributed by atoms with Crippen molar-refractivity contribution in [3.8, 4) is 17.4 Å². The van der Waals surface area contributed by atoms with E-state index >= 15 is 0 Å². The third-order valence-corrected chi connectivity index (χ3v) is 2.51. The lowest BCUT2D eigenvalue weighted by molar-refractivity contribution is 0.0597. The summed E-state index contributed by atoms with van der Waals surface area (Å²) in [5, 5.41) is 0. The zero-order valence-corrected chi connectivity index (χ0v) is 10.9. The molecule has 5 nitrogen and oxygen atoms in total. The van der Waals surface area contributed by atoms with Gasteiger partial charge in [-0.1, -0.05) is 0 Å². The Bertz CT molecular complexity index is 630. The van der Waals surface area contributed by atoms with Crippen LogP contribution in [-0.2, 0) is 4.74 Å². The number of rotatable bonds is 4. The van der Waals surface area contributed by atoms with Crippen molar-refractivity contribution in [1.82, 2.24) is 4.98 Å². The minimum Gasteiger partial charge on any atom is -0.493 e. The number of benzene rings is 1. The van der Waals surface area contributed by atoms with Crippen LogP contribution < -0.4 is 9.47 Å². The van der Waals surface area contributed by atoms with Crippen molar-refractivity contribution in [3.05, 3.63) is 47.9 Å². The maximum Gasteiger partial charge on any atom is 0.343 e. The summed E-state index contributed by atoms with van der Waals surface area (Å²) in [5.41, 5.74) is 0.168. The van der Waals surface area contributed by atoms with Crippen LogP contribution in [0.25, 0.3) is 0 Å². The van der Waals surface area contributed by atoms with Crippen LogP contribution in [0.5, 0.6) is 17.4 Å². The molecule has 1 aromatic heterocycles. The number of hydrogen-bond donors (Lipinski definition) is 0. The van der Waals surface area contributed by atoms with E-state index in [0.717, 1.165) is 0 Å². The highest BCUT2D eigenvalue weighted by Gasteiger charge is 2.16. The van der Waals surface area contributed by atoms with Crippen molar-refractivity contribution in [3.63, 3.8) is 0 Å². The fourth-order valence-corrected chi connectivity index (χ4v) is 1.57. The predicted molar refractivity (Wildman–Crippen MR) is 68.6 cm³/mol. The normalized spacial score (nSPS) is 9.95. The summed E-state index contributed by atoms with van der Waals surface area (Å²) in [6, 6.07) is 6.89. The van der Waals surface area contributed by atoms with Crippen LogP contribution in [0, 0.1) is 5.82 Å². The average molecular weight is 277 g/mol. The standard InChI is InChI=1S/C14H12FNO4/c1-18-12-8-9(15)5-6-11(12)20-13-10(14(17)19-2)4-3-7-16-13/h3-8H,1-2H3. The number of nitrogens with zero attached hydrogens (tertiary/aromatic N) is 1. The van der Waals surface area contributed by atoms with Gasteiger partial charge in [-0.25, -0.2) is 14.2 Å². The van der Waals surface area contributed by atoms with Gasteiger partial charge in [0.15, 0.2) is 11.5 Å². The third-order valence-electron chi connectivity index (χ3n) is 2.51. The summed E-state index contributed by atoms with van der Waals surface area (Å²) >= 11 is 0. The Hall–Kier alpha value is -2.63. The molecule has 0 spiro atoms. The Labute approximate surface area is 114 Å². The number of pyridine rings is 1. The second kappa shape index (κ2) is 6.01. The molecule has 0 amide bonds. The largest absolute Gasteiger partial charge is 0.493 e. The number of carbonyl (C=O) groups excluding carboxylic acids is 1. The van der Waals surface area contributed by atoms with E-state index in [1.807, 2.05) is 0 Å². The Balaban J connectivity index is 2.38. The lowest BCUT2D eigenvalue weighted by Gasteiger charge is -2.11. The van der Waals surface area contributed by atoms with Gasteiger partial charge in [-0.3, -0.25) is 0 Å². The van der Waals surface area contributed by atoms with Crippen LogP contribution in [0.2, 0.25) is 0 Å². The molecule has 20 heavy (non-hydrogen) atoms. The van der Waals surface area contributed by atoms with Gasteiger partial charge in [0.2, 0.25) is 5.88 Å². The van der Waals surface area contributed by atoms with Crippen molar-refractivity contribution in [2.24, 2.45) is 0 Å². The van der Waals surface area contributed by atoms with E-state index in [-0.39, 0.29) is 22.9 Å². The van der Waals surface area contributed by atoms with E-state index in [0.29, 0.717) is 0 Å². The lowest BCUT2D eigenvalue weighted by atomic mass is 10.2. The molecule has 0 aliphatic carbocycles. The molecule has 2 rings (SSSR count). The zero-order chi connectivity index (χ0) is 14.5. The minimum absolute atomic E-state index is 0.0595. The average Bonchev–Trinajstić information content (AvgIpc) is 2.48. The van der Waals surface area contributed by atoms with E-state index in [9.17, 15) is 9.18 Å². The molecule has 0 saturated carbocycles. The molecule has 0 fully saturated rings. The summed E-state index contributed by atoms with van der Waals surface area (Å²) in [5.74, 6) is -0.522. The number of halogens is 1. The fourth-order valence-electron chi connectivity index (χ4n) is 1.57. The first-order valence-electron chi connectivity index (χ1n) is 5.70. The summed E-state index contributed by atoms with van der Waals surface area (Å²) in [6.45, 7) is 0. The molecule has 0 aliphatic heterocycles. The molecule has 2 aromatic rings. The highest BCUT2D eigenvalue weighted by Crippen LogP contribution is 2.32. The molecule has 0 N–H and O–H groups in total. The smallest absolute Gasteiger partial charge is 0.343 e. The SMILES string of the molecule is COC(=O)c1cccnc1Oc1ccc(F)cc1OC. The van der Waals surface area contributed by atoms with Gasteiger partial charge in [0.1, 0.15) is 11.4 Å². The molecule has 1 heterocycles. The number of hydrogen-bond acceptors (Lipinski definition) is 5. The van der Waals surface area contributed by atoms with Crippen molar-refractivity contribution < 1.29 is 23.4 Å². The van der Waals surface area contributed by atoms with Gasteiger partial charge >= 0.3 is 5.97 Å². The van der Waals surface area contributed by atoms with Crippen molar-refractivity contribution in [2.75, 3.05) is 14.2 Å². The van der Waals surface area contributed by atoms with Crippen molar-refractivity contribution in [2.45, 2.75) is 0 Å². The second-order valence-corrected chi connectivity index (χ2v) is 3.74. The van der Waals surface area contributed by atoms with E-state index in [1.54, 1.807) is 6.07 Å². The topological polar surface area (TPSA) is 57.7 Å². The van der Waals surface area contributed by atoms with Gasteiger partial charge in [0, 0.05) is 12.3 Å². The molecule has 104 valence electrons. The van der Waals surface area contributed by atoms with Crippen LogP contribution in [0.1, 0.15) is 10.4 Å². The third kappa shape index (κ3) is 2.85. The first kappa shape index (κ1) is 13.8. The van der Waals surface area contributed by atoms with Gasteiger partial charge in [-0.05, 0) is 24.3 Å². The van der Waals surface area contributed by atoms with Crippen LogP contribution in [0.15, 0.2) is 36.5 Å². The van der Waals surface area contributed by atoms with E-state index in [2.05, 4.69) is 9.72 Å². The van der Waals surface area contributed by atoms with Gasteiger partial charge in [0.05, 0.1) is 14.2 Å². The molecule has 0 saturated heterocycles. The molecule has 0 atom stereocenters. The molecule has 6 heteroatoms. The molecular weight excluding hydrogens is 265 g/mol. The van der Waals surface area contributed by atoms with Crippen LogP contribution in [0.4, 0.5) is 4.39 Å². The highest BCUT2D eigenvalue weighted by atomic mass is 19.1. The maximum absolute atomic E-state index is 13.1. The number of aromatic nitrogens is 1. The maximum atomic E-state index is 13.1. The number of carbonyl (C=O) groups is 1. The first-order valence-corrected chi connectivity index (χ1v) is 5.70. The number of esters is 1. The van der Waals surface area contributed by atoms with Gasteiger partial charge in [-0.2, -0.15) is 0 Å². The summed E-state index contributed by atoms with van der Waals surface area (Å²) in [7, 11) is 2.65. The van der Waals surface area contributed by atoms with Crippen molar-refractivity contribution in [1.29, 1.82) is 0 Å². The van der Waals surface area contributed by atoms with Gasteiger partial charge in [-0.15, -0.1) is 0 Å². The quantitative estimate of drug-likeness (QED) is 0.804. The zero-order valence-electron chi connectivity index (χ0n) is 10.9. The Morgan fingerprint density at radius 3 is 2.70 bits per heavy atom. The monoisotopic (exact) mass is 277 g/mol. The lowest BCUT2D eigenvalue weighted by Crippen LogP contribution is -2.05. The first-order chi connectivity index (χ1) is 9.65. The van der Waals surface area contributed by atoms with Crippen LogP contribution in [-0.4, -0.2) is 25.2 Å². The van der Waals surface area contributed by atoms with Gasteiger partial charge in [0.25, 0.3) is 0 Å². The summed E-state index contributed by atoms with van der Waals surface area (Å²) in [6.07, 6.45) is 1.47. The fraction of sp³-hybridized carbons (Fsp3) is 0.143. The number of ether oxygens (including phenoxy) is 3. The molecular formula is C14H12FNO4. The summed E-state index contributed by atoms with van der Waals surface area (Å²) in [4.78, 5) is 15.6. The second-order valence-electron chi connectivity index (χ2n) is 3.74. The Morgan fingerprint density at radius 2 is 2.00 bits per heavy atom. The Kier molecular flexibility index (Phi) is 4.14. The molecule has 1 aromatic carbocycles.